The summed E-state index contributed by atoms with van der Waals surface area (Å²) in [5.41, 5.74) is -0.0790. The summed E-state index contributed by atoms with van der Waals surface area (Å²) < 4.78 is 19.4. The third kappa shape index (κ3) is 6.42. The van der Waals surface area contributed by atoms with Gasteiger partial charge in [0.1, 0.15) is 0 Å². The number of rotatable bonds is 6. The van der Waals surface area contributed by atoms with Crippen LogP contribution in [0.25, 0.3) is 0 Å². The Kier molecular flexibility index (Phi) is 6.80. The predicted octanol–water partition coefficient (Wildman–Crippen LogP) is 1.21. The summed E-state index contributed by atoms with van der Waals surface area (Å²) in [6, 6.07) is 2.22. The molecule has 0 bridgehead atoms. The average molecular weight is 352 g/mol. The lowest BCUT2D eigenvalue weighted by molar-refractivity contribution is -0.140. The van der Waals surface area contributed by atoms with Crippen molar-refractivity contribution in [3.05, 3.63) is 17.7 Å². The molecule has 0 amide bonds. The lowest BCUT2D eigenvalue weighted by Gasteiger charge is -2.14. The predicted molar refractivity (Wildman–Crippen MR) is 81.3 cm³/mol. The van der Waals surface area contributed by atoms with Crippen LogP contribution in [0.15, 0.2) is 12.1 Å². The molecular weight excluding hydrogens is 336 g/mol. The highest BCUT2D eigenvalue weighted by Gasteiger charge is 2.22. The second-order valence-electron chi connectivity index (χ2n) is 4.79. The molecule has 0 aliphatic heterocycles. The number of hydrogen-bond acceptors (Lipinski definition) is 9. The Bertz CT molecular complexity index is 696. The molecule has 134 valence electrons. The first-order valence-electron chi connectivity index (χ1n) is 7.00. The minimum atomic E-state index is -0.763. The molecule has 1 aromatic rings. The third-order valence-electron chi connectivity index (χ3n) is 2.50. The molecule has 0 saturated heterocycles. The maximum Gasteiger partial charge on any atom is 0.308 e. The number of carbonyl (C=O) groups excluding carboxylic acids is 5. The standard InChI is InChI=1S/C16H16O9/c1-8(17)22-7-13(21)12-5-14(23-9(2)18)16(25-11(4)20)15(6-12)24-10(3)19/h5-6H,7H2,1-4H3. The molecule has 0 spiro atoms. The fraction of sp³-hybridized carbons (Fsp3) is 0.312. The van der Waals surface area contributed by atoms with Gasteiger partial charge < -0.3 is 18.9 Å². The van der Waals surface area contributed by atoms with E-state index in [1.807, 2.05) is 0 Å². The van der Waals surface area contributed by atoms with Gasteiger partial charge in [-0.25, -0.2) is 0 Å². The molecular formula is C16H16O9. The Hall–Kier alpha value is -3.23. The van der Waals surface area contributed by atoms with Crippen LogP contribution in [0, 0.1) is 0 Å². The van der Waals surface area contributed by atoms with Crippen LogP contribution in [0.2, 0.25) is 0 Å². The van der Waals surface area contributed by atoms with E-state index in [-0.39, 0.29) is 22.8 Å². The van der Waals surface area contributed by atoms with Gasteiger partial charge in [0.15, 0.2) is 18.1 Å². The van der Waals surface area contributed by atoms with Crippen LogP contribution >= 0.6 is 0 Å². The van der Waals surface area contributed by atoms with Crippen molar-refractivity contribution in [2.24, 2.45) is 0 Å². The van der Waals surface area contributed by atoms with Gasteiger partial charge in [-0.3, -0.25) is 24.0 Å². The fourth-order valence-corrected chi connectivity index (χ4v) is 1.69. The summed E-state index contributed by atoms with van der Waals surface area (Å²) in [5.74, 6) is -4.52. The molecule has 0 aromatic heterocycles. The molecule has 0 heterocycles. The Labute approximate surface area is 142 Å². The van der Waals surface area contributed by atoms with Crippen molar-refractivity contribution in [1.82, 2.24) is 0 Å². The third-order valence-corrected chi connectivity index (χ3v) is 2.50. The van der Waals surface area contributed by atoms with Crippen LogP contribution in [0.5, 0.6) is 17.2 Å². The quantitative estimate of drug-likeness (QED) is 0.422. The van der Waals surface area contributed by atoms with E-state index in [1.165, 1.54) is 0 Å². The van der Waals surface area contributed by atoms with Crippen molar-refractivity contribution in [2.75, 3.05) is 6.61 Å². The maximum atomic E-state index is 12.1. The minimum absolute atomic E-state index is 0.0790. The Morgan fingerprint density at radius 3 is 1.52 bits per heavy atom. The highest BCUT2D eigenvalue weighted by Crippen LogP contribution is 2.39. The normalized spacial score (nSPS) is 9.76. The molecule has 0 aliphatic rings. The summed E-state index contributed by atoms with van der Waals surface area (Å²) in [5, 5.41) is 0. The largest absolute Gasteiger partial charge is 0.457 e. The van der Waals surface area contributed by atoms with E-state index in [0.717, 1.165) is 39.8 Å². The lowest BCUT2D eigenvalue weighted by atomic mass is 10.1. The van der Waals surface area contributed by atoms with Gasteiger partial charge in [0.25, 0.3) is 0 Å². The van der Waals surface area contributed by atoms with Crippen LogP contribution in [0.1, 0.15) is 38.1 Å². The number of Topliss-reactive ketones (excluding diaryl/α,β-unsaturated/α-hetero) is 1. The van der Waals surface area contributed by atoms with E-state index in [9.17, 15) is 24.0 Å². The van der Waals surface area contributed by atoms with Crippen molar-refractivity contribution in [1.29, 1.82) is 0 Å². The number of esters is 4. The first-order chi connectivity index (χ1) is 11.6. The van der Waals surface area contributed by atoms with Gasteiger partial charge in [-0.1, -0.05) is 0 Å². The second kappa shape index (κ2) is 8.57. The van der Waals surface area contributed by atoms with Crippen LogP contribution in [-0.4, -0.2) is 36.3 Å². The van der Waals surface area contributed by atoms with Crippen LogP contribution in [-0.2, 0) is 23.9 Å². The number of ether oxygens (including phenoxy) is 4. The number of ketones is 1. The molecule has 0 aliphatic carbocycles. The van der Waals surface area contributed by atoms with Crippen molar-refractivity contribution in [2.45, 2.75) is 27.7 Å². The fourth-order valence-electron chi connectivity index (χ4n) is 1.69. The minimum Gasteiger partial charge on any atom is -0.457 e. The maximum absolute atomic E-state index is 12.1. The molecule has 0 saturated carbocycles. The van der Waals surface area contributed by atoms with Crippen molar-refractivity contribution >= 4 is 29.7 Å². The van der Waals surface area contributed by atoms with Gasteiger partial charge in [0.2, 0.25) is 11.5 Å². The number of benzene rings is 1. The molecule has 0 radical (unpaired) electrons. The van der Waals surface area contributed by atoms with Crippen LogP contribution < -0.4 is 14.2 Å². The van der Waals surface area contributed by atoms with E-state index in [1.54, 1.807) is 0 Å². The smallest absolute Gasteiger partial charge is 0.308 e. The molecule has 1 aromatic carbocycles. The molecule has 9 heteroatoms. The molecule has 0 N–H and O–H groups in total. The van der Waals surface area contributed by atoms with Gasteiger partial charge >= 0.3 is 23.9 Å². The van der Waals surface area contributed by atoms with Crippen molar-refractivity contribution in [3.8, 4) is 17.2 Å². The Morgan fingerprint density at radius 1 is 0.720 bits per heavy atom. The summed E-state index contributed by atoms with van der Waals surface area (Å²) in [6.07, 6.45) is 0. The summed E-state index contributed by atoms with van der Waals surface area (Å²) in [7, 11) is 0. The highest BCUT2D eigenvalue weighted by molar-refractivity contribution is 5.99. The molecule has 0 fully saturated rings. The molecule has 25 heavy (non-hydrogen) atoms. The average Bonchev–Trinajstić information content (AvgIpc) is 2.46. The zero-order valence-corrected chi connectivity index (χ0v) is 14.0. The highest BCUT2D eigenvalue weighted by atomic mass is 16.6. The number of hydrogen-bond donors (Lipinski definition) is 0. The Morgan fingerprint density at radius 2 is 1.16 bits per heavy atom. The van der Waals surface area contributed by atoms with Gasteiger partial charge in [-0.05, 0) is 12.1 Å². The zero-order valence-electron chi connectivity index (χ0n) is 14.0. The lowest BCUT2D eigenvalue weighted by Crippen LogP contribution is -2.15. The topological polar surface area (TPSA) is 122 Å². The van der Waals surface area contributed by atoms with E-state index < -0.39 is 36.3 Å². The SMILES string of the molecule is CC(=O)OCC(=O)c1cc(OC(C)=O)c(OC(C)=O)c(OC(C)=O)c1. The molecule has 1 rings (SSSR count). The van der Waals surface area contributed by atoms with Crippen LogP contribution in [0.4, 0.5) is 0 Å². The van der Waals surface area contributed by atoms with Gasteiger partial charge in [-0.2, -0.15) is 0 Å². The van der Waals surface area contributed by atoms with E-state index in [4.69, 9.17) is 14.2 Å². The van der Waals surface area contributed by atoms with E-state index >= 15 is 0 Å². The summed E-state index contributed by atoms with van der Waals surface area (Å²) >= 11 is 0. The van der Waals surface area contributed by atoms with Crippen molar-refractivity contribution < 1.29 is 42.9 Å². The van der Waals surface area contributed by atoms with E-state index in [2.05, 4.69) is 4.74 Å². The second-order valence-corrected chi connectivity index (χ2v) is 4.79. The first kappa shape index (κ1) is 19.8. The molecule has 0 atom stereocenters. The van der Waals surface area contributed by atoms with Gasteiger partial charge in [0, 0.05) is 33.3 Å². The van der Waals surface area contributed by atoms with Gasteiger partial charge in [0.05, 0.1) is 0 Å². The number of carbonyl (C=O) groups is 5. The molecule has 9 nitrogen and oxygen atoms in total. The van der Waals surface area contributed by atoms with E-state index in [0.29, 0.717) is 0 Å². The van der Waals surface area contributed by atoms with Crippen molar-refractivity contribution in [3.63, 3.8) is 0 Å². The summed E-state index contributed by atoms with van der Waals surface area (Å²) in [4.78, 5) is 56.7. The zero-order chi connectivity index (χ0) is 19.1. The first-order valence-corrected chi connectivity index (χ1v) is 7.00. The Balaban J connectivity index is 3.41. The summed E-state index contributed by atoms with van der Waals surface area (Å²) in [6.45, 7) is 3.84. The monoisotopic (exact) mass is 352 g/mol. The molecule has 0 unspecified atom stereocenters. The van der Waals surface area contributed by atoms with Gasteiger partial charge in [-0.15, -0.1) is 0 Å². The van der Waals surface area contributed by atoms with Crippen LogP contribution in [0.3, 0.4) is 0 Å².